The highest BCUT2D eigenvalue weighted by molar-refractivity contribution is 5.99. The maximum Gasteiger partial charge on any atom is 0.277 e. The lowest BCUT2D eigenvalue weighted by molar-refractivity contribution is -0.123. The van der Waals surface area contributed by atoms with Gasteiger partial charge in [0.15, 0.2) is 6.61 Å². The molecule has 0 aliphatic carbocycles. The number of tetrazole rings is 1. The number of hydrogen-bond acceptors (Lipinski definition) is 7. The third kappa shape index (κ3) is 4.88. The van der Waals surface area contributed by atoms with E-state index in [0.717, 1.165) is 17.0 Å². The van der Waals surface area contributed by atoms with E-state index in [0.29, 0.717) is 11.5 Å². The molecule has 2 aromatic carbocycles. The number of hydrogen-bond donors (Lipinski definition) is 1. The molecule has 0 saturated carbocycles. The largest absolute Gasteiger partial charge is 0.497 e. The Morgan fingerprint density at radius 3 is 2.67 bits per heavy atom. The maximum absolute atomic E-state index is 11.9. The highest BCUT2D eigenvalue weighted by atomic mass is 16.5. The van der Waals surface area contributed by atoms with Crippen molar-refractivity contribution in [3.63, 3.8) is 0 Å². The first kappa shape index (κ1) is 18.1. The molecular weight excluding hydrogens is 348 g/mol. The molecule has 9 nitrogen and oxygen atoms in total. The number of ether oxygens (including phenoxy) is 2. The number of hydrazone groups is 1. The summed E-state index contributed by atoms with van der Waals surface area (Å²) in [6.07, 6.45) is 1.50. The molecule has 138 valence electrons. The molecule has 0 aliphatic rings. The fraction of sp³-hybridized carbons (Fsp3) is 0.167. The molecule has 3 aromatic rings. The number of carbonyl (C=O) groups excluding carboxylic acids is 1. The van der Waals surface area contributed by atoms with Crippen molar-refractivity contribution >= 4 is 11.6 Å². The predicted octanol–water partition coefficient (Wildman–Crippen LogP) is 1.59. The molecule has 0 saturated heterocycles. The van der Waals surface area contributed by atoms with E-state index in [1.807, 2.05) is 24.3 Å². The van der Waals surface area contributed by atoms with Crippen LogP contribution in [0.5, 0.6) is 11.5 Å². The predicted molar refractivity (Wildman–Crippen MR) is 98.0 cm³/mol. The van der Waals surface area contributed by atoms with Crippen LogP contribution in [0.15, 0.2) is 60.0 Å². The van der Waals surface area contributed by atoms with Crippen LogP contribution in [0.4, 0.5) is 0 Å². The van der Waals surface area contributed by atoms with E-state index < -0.39 is 0 Å². The first-order chi connectivity index (χ1) is 13.2. The molecule has 1 aromatic heterocycles. The lowest BCUT2D eigenvalue weighted by atomic mass is 10.1. The number of rotatable bonds is 7. The van der Waals surface area contributed by atoms with Crippen LogP contribution in [0, 0.1) is 0 Å². The number of carbonyl (C=O) groups is 1. The lowest BCUT2D eigenvalue weighted by Gasteiger charge is -2.07. The zero-order valence-electron chi connectivity index (χ0n) is 14.9. The van der Waals surface area contributed by atoms with Gasteiger partial charge in [0.1, 0.15) is 17.8 Å². The van der Waals surface area contributed by atoms with Crippen LogP contribution in [-0.4, -0.2) is 45.5 Å². The Kier molecular flexibility index (Phi) is 5.73. The van der Waals surface area contributed by atoms with Gasteiger partial charge in [-0.1, -0.05) is 12.1 Å². The van der Waals surface area contributed by atoms with Gasteiger partial charge in [-0.3, -0.25) is 4.79 Å². The van der Waals surface area contributed by atoms with Gasteiger partial charge in [-0.15, -0.1) is 5.10 Å². The normalized spacial score (nSPS) is 11.1. The molecule has 0 unspecified atom stereocenters. The van der Waals surface area contributed by atoms with E-state index in [2.05, 4.69) is 26.1 Å². The first-order valence-corrected chi connectivity index (χ1v) is 8.09. The standard InChI is InChI=1S/C18H18N6O3/c1-13(14-4-3-5-15(10-14)24-12-19-22-23-24)20-21-18(25)11-27-17-8-6-16(26-2)7-9-17/h3-10,12H,11H2,1-2H3,(H,21,25)/b20-13-. The van der Waals surface area contributed by atoms with Crippen LogP contribution in [0.25, 0.3) is 5.69 Å². The molecule has 0 radical (unpaired) electrons. The van der Waals surface area contributed by atoms with Gasteiger partial charge < -0.3 is 9.47 Å². The molecule has 0 fully saturated rings. The van der Waals surface area contributed by atoms with E-state index in [4.69, 9.17) is 9.47 Å². The Hall–Kier alpha value is -3.75. The second-order valence-corrected chi connectivity index (χ2v) is 5.50. The Balaban J connectivity index is 1.56. The summed E-state index contributed by atoms with van der Waals surface area (Å²) in [7, 11) is 1.59. The molecule has 0 spiro atoms. The van der Waals surface area contributed by atoms with Crippen LogP contribution in [0.2, 0.25) is 0 Å². The maximum atomic E-state index is 11.9. The van der Waals surface area contributed by atoms with Crippen molar-refractivity contribution in [3.8, 4) is 17.2 Å². The minimum absolute atomic E-state index is 0.145. The van der Waals surface area contributed by atoms with Gasteiger partial charge in [0, 0.05) is 0 Å². The van der Waals surface area contributed by atoms with Crippen LogP contribution in [0.1, 0.15) is 12.5 Å². The molecule has 0 bridgehead atoms. The third-order valence-electron chi connectivity index (χ3n) is 3.66. The van der Waals surface area contributed by atoms with Crippen LogP contribution >= 0.6 is 0 Å². The van der Waals surface area contributed by atoms with E-state index >= 15 is 0 Å². The van der Waals surface area contributed by atoms with Gasteiger partial charge in [-0.05, 0) is 59.3 Å². The molecule has 0 atom stereocenters. The number of amides is 1. The molecule has 3 rings (SSSR count). The number of benzene rings is 2. The Labute approximate surface area is 155 Å². The van der Waals surface area contributed by atoms with Gasteiger partial charge >= 0.3 is 0 Å². The topological polar surface area (TPSA) is 104 Å². The highest BCUT2D eigenvalue weighted by Crippen LogP contribution is 2.16. The van der Waals surface area contributed by atoms with Crippen LogP contribution in [-0.2, 0) is 4.79 Å². The van der Waals surface area contributed by atoms with E-state index in [-0.39, 0.29) is 12.5 Å². The van der Waals surface area contributed by atoms with Crippen molar-refractivity contribution in [2.45, 2.75) is 6.92 Å². The van der Waals surface area contributed by atoms with Gasteiger partial charge in [-0.2, -0.15) is 5.10 Å². The highest BCUT2D eigenvalue weighted by Gasteiger charge is 2.05. The number of methoxy groups -OCH3 is 1. The van der Waals surface area contributed by atoms with Crippen molar-refractivity contribution in [1.29, 1.82) is 0 Å². The molecule has 1 heterocycles. The van der Waals surface area contributed by atoms with Gasteiger partial charge in [0.05, 0.1) is 18.5 Å². The summed E-state index contributed by atoms with van der Waals surface area (Å²) >= 11 is 0. The zero-order chi connectivity index (χ0) is 19.1. The monoisotopic (exact) mass is 366 g/mol. The van der Waals surface area contributed by atoms with Crippen molar-refractivity contribution in [2.24, 2.45) is 5.10 Å². The summed E-state index contributed by atoms with van der Waals surface area (Å²) in [5.74, 6) is 0.929. The summed E-state index contributed by atoms with van der Waals surface area (Å²) in [6.45, 7) is 1.65. The van der Waals surface area contributed by atoms with Crippen molar-refractivity contribution in [3.05, 3.63) is 60.4 Å². The Morgan fingerprint density at radius 1 is 1.19 bits per heavy atom. The van der Waals surface area contributed by atoms with Crippen molar-refractivity contribution < 1.29 is 14.3 Å². The number of nitrogens with zero attached hydrogens (tertiary/aromatic N) is 5. The summed E-state index contributed by atoms with van der Waals surface area (Å²) in [4.78, 5) is 11.9. The summed E-state index contributed by atoms with van der Waals surface area (Å²) in [5, 5.41) is 15.2. The number of aromatic nitrogens is 4. The number of nitrogens with one attached hydrogen (secondary N) is 1. The zero-order valence-corrected chi connectivity index (χ0v) is 14.9. The van der Waals surface area contributed by atoms with Gasteiger partial charge in [0.2, 0.25) is 0 Å². The van der Waals surface area contributed by atoms with Crippen LogP contribution in [0.3, 0.4) is 0 Å². The average Bonchev–Trinajstić information content (AvgIpc) is 3.26. The van der Waals surface area contributed by atoms with E-state index in [1.165, 1.54) is 11.0 Å². The fourth-order valence-electron chi connectivity index (χ4n) is 2.22. The van der Waals surface area contributed by atoms with Gasteiger partial charge in [-0.25, -0.2) is 10.1 Å². The summed E-state index contributed by atoms with van der Waals surface area (Å²) < 4.78 is 12.0. The smallest absolute Gasteiger partial charge is 0.277 e. The van der Waals surface area contributed by atoms with Gasteiger partial charge in [0.25, 0.3) is 5.91 Å². The summed E-state index contributed by atoms with van der Waals surface area (Å²) in [5.41, 5.74) is 4.75. The second-order valence-electron chi connectivity index (χ2n) is 5.50. The molecule has 0 aliphatic heterocycles. The van der Waals surface area contributed by atoms with Crippen molar-refractivity contribution in [1.82, 2.24) is 25.6 Å². The first-order valence-electron chi connectivity index (χ1n) is 8.09. The average molecular weight is 366 g/mol. The fourth-order valence-corrected chi connectivity index (χ4v) is 2.22. The minimum Gasteiger partial charge on any atom is -0.497 e. The second kappa shape index (κ2) is 8.56. The Morgan fingerprint density at radius 2 is 1.96 bits per heavy atom. The Bertz CT molecular complexity index is 923. The molecular formula is C18H18N6O3. The molecule has 1 amide bonds. The summed E-state index contributed by atoms with van der Waals surface area (Å²) in [6, 6.07) is 14.5. The minimum atomic E-state index is -0.359. The molecule has 27 heavy (non-hydrogen) atoms. The van der Waals surface area contributed by atoms with E-state index in [1.54, 1.807) is 38.3 Å². The SMILES string of the molecule is COc1ccc(OCC(=O)N/N=C(/C)c2cccc(-n3cnnn3)c2)cc1. The molecule has 1 N–H and O–H groups in total. The van der Waals surface area contributed by atoms with Crippen LogP contribution < -0.4 is 14.9 Å². The lowest BCUT2D eigenvalue weighted by Crippen LogP contribution is -2.25. The third-order valence-corrected chi connectivity index (χ3v) is 3.66. The van der Waals surface area contributed by atoms with Crippen molar-refractivity contribution in [2.75, 3.05) is 13.7 Å². The van der Waals surface area contributed by atoms with E-state index in [9.17, 15) is 4.79 Å². The molecule has 9 heteroatoms. The quantitative estimate of drug-likeness (QED) is 0.503.